The molecule has 3 aliphatic rings. The number of nitrogens with zero attached hydrogens (tertiary/aromatic N) is 5. The molecule has 3 heterocycles. The van der Waals surface area contributed by atoms with Gasteiger partial charge in [0.05, 0.1) is 17.0 Å². The highest BCUT2D eigenvalue weighted by Gasteiger charge is 2.42. The molecule has 1 saturated carbocycles. The summed E-state index contributed by atoms with van der Waals surface area (Å²) >= 11 is 6.42. The van der Waals surface area contributed by atoms with Crippen molar-refractivity contribution in [1.82, 2.24) is 19.8 Å². The van der Waals surface area contributed by atoms with Crippen LogP contribution in [0.3, 0.4) is 0 Å². The molecule has 2 amide bonds. The van der Waals surface area contributed by atoms with Gasteiger partial charge in [0.25, 0.3) is 5.91 Å². The van der Waals surface area contributed by atoms with Gasteiger partial charge in [-0.25, -0.2) is 18.7 Å². The summed E-state index contributed by atoms with van der Waals surface area (Å²) in [6.45, 7) is 10.2. The molecule has 10 heteroatoms. The summed E-state index contributed by atoms with van der Waals surface area (Å²) in [7, 11) is 0. The van der Waals surface area contributed by atoms with Crippen LogP contribution in [0.25, 0.3) is 11.4 Å². The van der Waals surface area contributed by atoms with E-state index in [2.05, 4.69) is 14.9 Å². The summed E-state index contributed by atoms with van der Waals surface area (Å²) in [5.41, 5.74) is 4.57. The number of anilines is 1. The molecule has 7 nitrogen and oxygen atoms in total. The van der Waals surface area contributed by atoms with Gasteiger partial charge < -0.3 is 14.7 Å². The number of hydrogen-bond acceptors (Lipinski definition) is 5. The van der Waals surface area contributed by atoms with E-state index in [4.69, 9.17) is 11.6 Å². The van der Waals surface area contributed by atoms with Crippen molar-refractivity contribution in [3.8, 4) is 11.4 Å². The van der Waals surface area contributed by atoms with Gasteiger partial charge in [0.15, 0.2) is 5.82 Å². The lowest BCUT2D eigenvalue weighted by molar-refractivity contribution is -0.126. The minimum Gasteiger partial charge on any atom is -0.338 e. The SMILES string of the molecule is Cc1ccc(N(CCCN2CC3CN(C(=O)c4c(C)nc(-c5ccccc5)nc4C)CC3C2)C(=O)C2CCC(F)(F)CC2)cc1Cl. The maximum absolute atomic E-state index is 13.8. The molecule has 1 aliphatic carbocycles. The molecule has 0 bridgehead atoms. The lowest BCUT2D eigenvalue weighted by atomic mass is 9.85. The van der Waals surface area contributed by atoms with E-state index in [-0.39, 0.29) is 37.5 Å². The number of aryl methyl sites for hydroxylation is 3. The minimum atomic E-state index is -2.68. The van der Waals surface area contributed by atoms with Crippen molar-refractivity contribution in [2.24, 2.45) is 17.8 Å². The van der Waals surface area contributed by atoms with E-state index in [9.17, 15) is 18.4 Å². The van der Waals surface area contributed by atoms with Crippen LogP contribution in [0.4, 0.5) is 14.5 Å². The number of halogens is 3. The van der Waals surface area contributed by atoms with Crippen LogP contribution >= 0.6 is 11.6 Å². The maximum Gasteiger partial charge on any atom is 0.257 e. The predicted molar refractivity (Wildman–Crippen MR) is 176 cm³/mol. The molecule has 3 aromatic rings. The minimum absolute atomic E-state index is 0.00181. The van der Waals surface area contributed by atoms with E-state index in [1.54, 1.807) is 4.90 Å². The first-order chi connectivity index (χ1) is 22.0. The molecule has 2 aromatic carbocycles. The zero-order valence-corrected chi connectivity index (χ0v) is 27.6. The Hall–Kier alpha value is -3.43. The molecule has 6 rings (SSSR count). The summed E-state index contributed by atoms with van der Waals surface area (Å²) in [4.78, 5) is 42.8. The second kappa shape index (κ2) is 13.4. The molecule has 2 saturated heterocycles. The molecule has 46 heavy (non-hydrogen) atoms. The Morgan fingerprint density at radius 3 is 2.17 bits per heavy atom. The van der Waals surface area contributed by atoms with Crippen molar-refractivity contribution >= 4 is 29.1 Å². The van der Waals surface area contributed by atoms with Gasteiger partial charge in [-0.2, -0.15) is 0 Å². The maximum atomic E-state index is 13.8. The standard InChI is InChI=1S/C36H42ClF2N5O2/c1-23-10-11-30(18-31(23)37)44(34(45)27-12-14-36(38,39)15-13-27)17-7-16-42-19-28-21-43(22-29(28)20-42)35(46)32-24(2)40-33(41-25(32)3)26-8-5-4-6-9-26/h4-6,8-11,18,27-29H,7,12-17,19-22H2,1-3H3. The van der Waals surface area contributed by atoms with Gasteiger partial charge in [-0.3, -0.25) is 9.59 Å². The molecule has 244 valence electrons. The summed E-state index contributed by atoms with van der Waals surface area (Å²) < 4.78 is 27.6. The average molecular weight is 650 g/mol. The Morgan fingerprint density at radius 2 is 1.57 bits per heavy atom. The van der Waals surface area contributed by atoms with Gasteiger partial charge in [-0.15, -0.1) is 0 Å². The van der Waals surface area contributed by atoms with Crippen molar-refractivity contribution in [3.05, 3.63) is 76.1 Å². The van der Waals surface area contributed by atoms with Crippen molar-refractivity contribution in [2.45, 2.75) is 58.8 Å². The van der Waals surface area contributed by atoms with Gasteiger partial charge in [-0.05, 0) is 76.1 Å². The lowest BCUT2D eigenvalue weighted by Gasteiger charge is -2.32. The molecular formula is C36H42ClF2N5O2. The van der Waals surface area contributed by atoms with Gasteiger partial charge in [0.2, 0.25) is 11.8 Å². The first-order valence-corrected chi connectivity index (χ1v) is 16.7. The highest BCUT2D eigenvalue weighted by molar-refractivity contribution is 6.31. The second-order valence-electron chi connectivity index (χ2n) is 13.4. The number of rotatable bonds is 8. The van der Waals surface area contributed by atoms with Crippen molar-refractivity contribution in [2.75, 3.05) is 44.2 Å². The number of carbonyl (C=O) groups is 2. The fourth-order valence-electron chi connectivity index (χ4n) is 7.42. The van der Waals surface area contributed by atoms with Gasteiger partial charge in [0, 0.05) is 67.8 Å². The predicted octanol–water partition coefficient (Wildman–Crippen LogP) is 6.97. The van der Waals surface area contributed by atoms with Gasteiger partial charge in [0.1, 0.15) is 0 Å². The topological polar surface area (TPSA) is 69.6 Å². The van der Waals surface area contributed by atoms with Crippen LogP contribution in [-0.4, -0.2) is 76.8 Å². The van der Waals surface area contributed by atoms with Crippen LogP contribution in [0.5, 0.6) is 0 Å². The lowest BCUT2D eigenvalue weighted by Crippen LogP contribution is -2.41. The summed E-state index contributed by atoms with van der Waals surface area (Å²) in [5.74, 6) is -1.75. The van der Waals surface area contributed by atoms with E-state index in [0.717, 1.165) is 42.9 Å². The normalized spacial score (nSPS) is 21.4. The van der Waals surface area contributed by atoms with Crippen LogP contribution in [0.1, 0.15) is 59.4 Å². The van der Waals surface area contributed by atoms with Crippen LogP contribution in [0, 0.1) is 38.5 Å². The molecule has 2 atom stereocenters. The number of amides is 2. The number of likely N-dealkylation sites (tertiary alicyclic amines) is 2. The van der Waals surface area contributed by atoms with Crippen molar-refractivity contribution in [3.63, 3.8) is 0 Å². The van der Waals surface area contributed by atoms with Crippen molar-refractivity contribution < 1.29 is 18.4 Å². The first kappa shape index (κ1) is 32.5. The van der Waals surface area contributed by atoms with Crippen LogP contribution in [-0.2, 0) is 4.79 Å². The monoisotopic (exact) mass is 649 g/mol. The van der Waals surface area contributed by atoms with E-state index >= 15 is 0 Å². The first-order valence-electron chi connectivity index (χ1n) is 16.4. The quantitative estimate of drug-likeness (QED) is 0.264. The Labute approximate surface area is 275 Å². The molecular weight excluding hydrogens is 608 g/mol. The Morgan fingerprint density at radius 1 is 0.935 bits per heavy atom. The van der Waals surface area contributed by atoms with Crippen LogP contribution in [0.15, 0.2) is 48.5 Å². The van der Waals surface area contributed by atoms with E-state index in [1.165, 1.54) is 0 Å². The van der Waals surface area contributed by atoms with Crippen molar-refractivity contribution in [1.29, 1.82) is 0 Å². The highest BCUT2D eigenvalue weighted by Crippen LogP contribution is 2.38. The summed E-state index contributed by atoms with van der Waals surface area (Å²) in [6.07, 6.45) is 0.677. The molecule has 3 fully saturated rings. The third-order valence-corrected chi connectivity index (χ3v) is 10.4. The third kappa shape index (κ3) is 6.95. The molecule has 2 aliphatic heterocycles. The Kier molecular flexibility index (Phi) is 9.44. The summed E-state index contributed by atoms with van der Waals surface area (Å²) in [6, 6.07) is 15.4. The smallest absolute Gasteiger partial charge is 0.257 e. The Bertz CT molecular complexity index is 1560. The number of aromatic nitrogens is 2. The number of benzene rings is 2. The zero-order valence-electron chi connectivity index (χ0n) is 26.8. The van der Waals surface area contributed by atoms with E-state index < -0.39 is 11.8 Å². The van der Waals surface area contributed by atoms with Crippen LogP contribution < -0.4 is 4.90 Å². The molecule has 0 N–H and O–H groups in total. The molecule has 2 unspecified atom stereocenters. The average Bonchev–Trinajstić information content (AvgIpc) is 3.60. The molecule has 0 radical (unpaired) electrons. The largest absolute Gasteiger partial charge is 0.338 e. The summed E-state index contributed by atoms with van der Waals surface area (Å²) in [5, 5.41) is 0.584. The van der Waals surface area contributed by atoms with Crippen LogP contribution in [0.2, 0.25) is 5.02 Å². The fourth-order valence-corrected chi connectivity index (χ4v) is 7.59. The number of carbonyl (C=O) groups excluding carboxylic acids is 2. The van der Waals surface area contributed by atoms with E-state index in [1.807, 2.05) is 74.2 Å². The highest BCUT2D eigenvalue weighted by atomic mass is 35.5. The van der Waals surface area contributed by atoms with E-state index in [0.29, 0.717) is 59.3 Å². The van der Waals surface area contributed by atoms with Gasteiger partial charge in [-0.1, -0.05) is 48.0 Å². The van der Waals surface area contributed by atoms with Gasteiger partial charge >= 0.3 is 0 Å². The third-order valence-electron chi connectivity index (χ3n) is 10.0. The fraction of sp³-hybridized carbons (Fsp3) is 0.500. The number of fused-ring (bicyclic) bond motifs is 1. The second-order valence-corrected chi connectivity index (χ2v) is 13.8. The number of hydrogen-bond donors (Lipinski definition) is 0. The number of alkyl halides is 2. The Balaban J connectivity index is 1.05. The molecule has 1 aromatic heterocycles. The zero-order chi connectivity index (χ0) is 32.6. The molecule has 0 spiro atoms.